The van der Waals surface area contributed by atoms with Gasteiger partial charge in [-0.1, -0.05) is 40.3 Å². The molecule has 31 heavy (non-hydrogen) atoms. The third kappa shape index (κ3) is 4.13. The number of rotatable bonds is 2. The lowest BCUT2D eigenvalue weighted by atomic mass is 9.61. The third-order valence-corrected chi connectivity index (χ3v) is 16.9. The van der Waals surface area contributed by atoms with E-state index in [9.17, 15) is 0 Å². The van der Waals surface area contributed by atoms with Crippen LogP contribution < -0.4 is 0 Å². The summed E-state index contributed by atoms with van der Waals surface area (Å²) in [7, 11) is -1.68. The van der Waals surface area contributed by atoms with Gasteiger partial charge in [0.25, 0.3) is 0 Å². The molecule has 3 heteroatoms. The molecule has 1 heterocycles. The summed E-state index contributed by atoms with van der Waals surface area (Å²) in [6, 6.07) is 0. The Hall–Kier alpha value is 0.527. The molecule has 0 N–H and O–H groups in total. The van der Waals surface area contributed by atoms with Crippen molar-refractivity contribution in [2.24, 2.45) is 41.4 Å². The highest BCUT2D eigenvalue weighted by molar-refractivity contribution is 8.00. The lowest BCUT2D eigenvalue weighted by Gasteiger charge is -2.59. The van der Waals surface area contributed by atoms with Crippen molar-refractivity contribution in [1.82, 2.24) is 4.57 Å². The first-order valence-electron chi connectivity index (χ1n) is 13.6. The molecule has 0 aromatic rings. The van der Waals surface area contributed by atoms with Crippen molar-refractivity contribution in [3.63, 3.8) is 0 Å². The Bertz CT molecular complexity index is 647. The molecule has 4 rings (SSSR count). The van der Waals surface area contributed by atoms with Crippen molar-refractivity contribution >= 4 is 20.0 Å². The number of fused-ring (bicyclic) bond motifs is 5. The van der Waals surface area contributed by atoms with Crippen LogP contribution in [0.3, 0.4) is 0 Å². The van der Waals surface area contributed by atoms with E-state index in [0.29, 0.717) is 0 Å². The summed E-state index contributed by atoms with van der Waals surface area (Å²) < 4.78 is 3.05. The summed E-state index contributed by atoms with van der Waals surface area (Å²) in [5, 5.41) is 1.94. The Morgan fingerprint density at radius 1 is 0.710 bits per heavy atom. The first kappa shape index (κ1) is 24.6. The van der Waals surface area contributed by atoms with Gasteiger partial charge < -0.3 is 4.57 Å². The van der Waals surface area contributed by atoms with Crippen molar-refractivity contribution in [1.29, 1.82) is 0 Å². The number of thioether (sulfide) groups is 1. The molecule has 10 atom stereocenters. The van der Waals surface area contributed by atoms with E-state index in [4.69, 9.17) is 0 Å². The van der Waals surface area contributed by atoms with Crippen molar-refractivity contribution < 1.29 is 0 Å². The van der Waals surface area contributed by atoms with E-state index >= 15 is 0 Å². The molecule has 0 radical (unpaired) electrons. The van der Waals surface area contributed by atoms with Crippen LogP contribution in [0.2, 0.25) is 18.6 Å². The van der Waals surface area contributed by atoms with E-state index in [1.807, 2.05) is 0 Å². The second-order valence-corrected chi connectivity index (χ2v) is 20.8. The second-order valence-electron chi connectivity index (χ2n) is 14.9. The molecule has 0 aromatic heterocycles. The Labute approximate surface area is 200 Å². The van der Waals surface area contributed by atoms with Crippen molar-refractivity contribution in [2.75, 3.05) is 0 Å². The van der Waals surface area contributed by atoms with Crippen molar-refractivity contribution in [3.8, 4) is 0 Å². The fraction of sp³-hybridized carbons (Fsp3) is 1.00. The average molecular weight is 464 g/mol. The molecule has 3 aliphatic carbocycles. The van der Waals surface area contributed by atoms with E-state index in [0.717, 1.165) is 57.5 Å². The standard InChI is InChI=1S/C28H53NSSi/c1-17-12-13-20-22(14-17)30-23-16-18(2)21-15-19(3)26(25(21)24(20)23)31(10,11)29(27(4,5)6)28(7,8)9/h17-26H,12-16H2,1-11H3. The van der Waals surface area contributed by atoms with Crippen LogP contribution in [-0.2, 0) is 0 Å². The van der Waals surface area contributed by atoms with Crippen LogP contribution in [0, 0.1) is 41.4 Å². The number of nitrogens with zero attached hydrogens (tertiary/aromatic N) is 1. The molecule has 180 valence electrons. The molecule has 10 unspecified atom stereocenters. The van der Waals surface area contributed by atoms with Crippen molar-refractivity contribution in [2.45, 2.75) is 135 Å². The van der Waals surface area contributed by atoms with Crippen LogP contribution in [0.4, 0.5) is 0 Å². The Morgan fingerprint density at radius 3 is 1.90 bits per heavy atom. The predicted molar refractivity (Wildman–Crippen MR) is 142 cm³/mol. The van der Waals surface area contributed by atoms with Gasteiger partial charge in [0.1, 0.15) is 8.24 Å². The summed E-state index contributed by atoms with van der Waals surface area (Å²) in [6.45, 7) is 28.3. The van der Waals surface area contributed by atoms with E-state index in [1.54, 1.807) is 0 Å². The van der Waals surface area contributed by atoms with Gasteiger partial charge in [-0.25, -0.2) is 0 Å². The van der Waals surface area contributed by atoms with E-state index < -0.39 is 8.24 Å². The molecule has 1 nitrogen and oxygen atoms in total. The SMILES string of the molecule is CC1CCC2C(C1)SC1CC(C)C3CC(C)C([Si](C)(C)N(C(C)(C)C)C(C)(C)C)C3C12. The maximum atomic E-state index is 3.05. The Morgan fingerprint density at radius 2 is 1.32 bits per heavy atom. The Kier molecular flexibility index (Phi) is 6.39. The van der Waals surface area contributed by atoms with Gasteiger partial charge in [0.15, 0.2) is 0 Å². The summed E-state index contributed by atoms with van der Waals surface area (Å²) in [4.78, 5) is 0. The van der Waals surface area contributed by atoms with Gasteiger partial charge >= 0.3 is 0 Å². The molecule has 3 saturated carbocycles. The summed E-state index contributed by atoms with van der Waals surface area (Å²) in [6.07, 6.45) is 7.56. The molecule has 1 saturated heterocycles. The minimum atomic E-state index is -1.68. The first-order valence-corrected chi connectivity index (χ1v) is 17.6. The topological polar surface area (TPSA) is 3.24 Å². The molecule has 1 aliphatic heterocycles. The van der Waals surface area contributed by atoms with Gasteiger partial charge in [-0.2, -0.15) is 11.8 Å². The minimum absolute atomic E-state index is 0.235. The van der Waals surface area contributed by atoms with Gasteiger partial charge in [0.05, 0.1) is 0 Å². The second kappa shape index (κ2) is 8.04. The van der Waals surface area contributed by atoms with Crippen molar-refractivity contribution in [3.05, 3.63) is 0 Å². The molecule has 0 spiro atoms. The predicted octanol–water partition coefficient (Wildman–Crippen LogP) is 8.31. The quantitative estimate of drug-likeness (QED) is 0.379. The fourth-order valence-corrected chi connectivity index (χ4v) is 19.5. The molecular formula is C28H53NSSi. The van der Waals surface area contributed by atoms with Crippen LogP contribution >= 0.6 is 11.8 Å². The van der Waals surface area contributed by atoms with E-state index in [-0.39, 0.29) is 11.1 Å². The zero-order valence-electron chi connectivity index (χ0n) is 22.7. The van der Waals surface area contributed by atoms with E-state index in [2.05, 4.69) is 91.7 Å². The van der Waals surface area contributed by atoms with Gasteiger partial charge in [-0.15, -0.1) is 0 Å². The molecule has 0 amide bonds. The van der Waals surface area contributed by atoms with Gasteiger partial charge in [0, 0.05) is 21.6 Å². The summed E-state index contributed by atoms with van der Waals surface area (Å²) >= 11 is 2.47. The summed E-state index contributed by atoms with van der Waals surface area (Å²) in [5.74, 6) is 6.84. The van der Waals surface area contributed by atoms with Crippen LogP contribution in [0.15, 0.2) is 0 Å². The molecule has 0 aromatic carbocycles. The largest absolute Gasteiger partial charge is 0.314 e. The highest BCUT2D eigenvalue weighted by atomic mass is 32.2. The van der Waals surface area contributed by atoms with Crippen LogP contribution in [-0.4, -0.2) is 34.4 Å². The smallest absolute Gasteiger partial charge is 0.126 e. The normalized spacial score (nSPS) is 46.1. The third-order valence-electron chi connectivity index (χ3n) is 10.1. The number of hydrogen-bond acceptors (Lipinski definition) is 2. The molecular weight excluding hydrogens is 410 g/mol. The fourth-order valence-electron chi connectivity index (χ4n) is 10.4. The molecule has 4 fully saturated rings. The van der Waals surface area contributed by atoms with Crippen LogP contribution in [0.25, 0.3) is 0 Å². The zero-order chi connectivity index (χ0) is 23.1. The lowest BCUT2D eigenvalue weighted by molar-refractivity contribution is 0.0717. The first-order chi connectivity index (χ1) is 14.1. The van der Waals surface area contributed by atoms with Crippen LogP contribution in [0.5, 0.6) is 0 Å². The number of hydrogen-bond donors (Lipinski definition) is 0. The molecule has 0 bridgehead atoms. The van der Waals surface area contributed by atoms with Gasteiger partial charge in [0.2, 0.25) is 0 Å². The lowest BCUT2D eigenvalue weighted by Crippen LogP contribution is -2.68. The van der Waals surface area contributed by atoms with Crippen LogP contribution in [0.1, 0.15) is 94.4 Å². The molecule has 4 aliphatic rings. The maximum Gasteiger partial charge on any atom is 0.126 e. The minimum Gasteiger partial charge on any atom is -0.314 e. The highest BCUT2D eigenvalue weighted by Crippen LogP contribution is 2.68. The zero-order valence-corrected chi connectivity index (χ0v) is 24.5. The highest BCUT2D eigenvalue weighted by Gasteiger charge is 2.63. The Balaban J connectivity index is 1.74. The van der Waals surface area contributed by atoms with Gasteiger partial charge in [-0.05, 0) is 114 Å². The maximum absolute atomic E-state index is 3.05. The summed E-state index contributed by atoms with van der Waals surface area (Å²) in [5.41, 5.74) is 1.42. The van der Waals surface area contributed by atoms with Gasteiger partial charge in [-0.3, -0.25) is 0 Å². The monoisotopic (exact) mass is 463 g/mol. The average Bonchev–Trinajstić information content (AvgIpc) is 3.08. The van der Waals surface area contributed by atoms with E-state index in [1.165, 1.54) is 32.1 Å².